The molecular formula is C18H18N4O5S. The number of amides is 1. The minimum absolute atomic E-state index is 0.179. The molecule has 1 amide bonds. The number of carboxylic acid groups (broad SMARTS) is 1. The molecule has 2 aromatic carbocycles. The number of benzene rings is 2. The van der Waals surface area contributed by atoms with Gasteiger partial charge in [0.15, 0.2) is 0 Å². The first-order valence-electron chi connectivity index (χ1n) is 8.35. The zero-order chi connectivity index (χ0) is 20.5. The van der Waals surface area contributed by atoms with Gasteiger partial charge in [0, 0.05) is 12.1 Å². The summed E-state index contributed by atoms with van der Waals surface area (Å²) in [6.07, 6.45) is 0. The SMILES string of the molecule is CCn1c(C)nc2cc(C(=O)NNS(=O)(=O)c3cccc(C(=O)O)c3)ccc21. The van der Waals surface area contributed by atoms with E-state index in [4.69, 9.17) is 5.11 Å². The van der Waals surface area contributed by atoms with Crippen LogP contribution in [-0.4, -0.2) is 35.0 Å². The van der Waals surface area contributed by atoms with Crippen LogP contribution in [0.5, 0.6) is 0 Å². The average Bonchev–Trinajstić information content (AvgIpc) is 3.00. The van der Waals surface area contributed by atoms with Crippen LogP contribution in [0.2, 0.25) is 0 Å². The number of rotatable bonds is 6. The first kappa shape index (κ1) is 19.5. The number of fused-ring (bicyclic) bond motifs is 1. The summed E-state index contributed by atoms with van der Waals surface area (Å²) in [6.45, 7) is 4.59. The minimum atomic E-state index is -4.13. The summed E-state index contributed by atoms with van der Waals surface area (Å²) >= 11 is 0. The number of sulfonamides is 1. The molecule has 1 aromatic heterocycles. The second-order valence-corrected chi connectivity index (χ2v) is 7.68. The molecule has 10 heteroatoms. The van der Waals surface area contributed by atoms with Gasteiger partial charge < -0.3 is 9.67 Å². The highest BCUT2D eigenvalue weighted by atomic mass is 32.2. The van der Waals surface area contributed by atoms with E-state index in [1.165, 1.54) is 18.2 Å². The number of imidazole rings is 1. The molecule has 28 heavy (non-hydrogen) atoms. The Labute approximate surface area is 161 Å². The highest BCUT2D eigenvalue weighted by Crippen LogP contribution is 2.18. The van der Waals surface area contributed by atoms with E-state index >= 15 is 0 Å². The number of carboxylic acids is 1. The zero-order valence-corrected chi connectivity index (χ0v) is 15.9. The third-order valence-electron chi connectivity index (χ3n) is 4.21. The van der Waals surface area contributed by atoms with Crippen LogP contribution in [0, 0.1) is 6.92 Å². The van der Waals surface area contributed by atoms with Gasteiger partial charge >= 0.3 is 5.97 Å². The van der Waals surface area contributed by atoms with Crippen molar-refractivity contribution < 1.29 is 23.1 Å². The van der Waals surface area contributed by atoms with E-state index in [1.807, 2.05) is 23.2 Å². The minimum Gasteiger partial charge on any atom is -0.478 e. The number of nitrogens with one attached hydrogen (secondary N) is 2. The quantitative estimate of drug-likeness (QED) is 0.538. The number of hydrogen-bond acceptors (Lipinski definition) is 5. The number of carbonyl (C=O) groups excluding carboxylic acids is 1. The van der Waals surface area contributed by atoms with Crippen LogP contribution in [0.4, 0.5) is 0 Å². The molecule has 0 spiro atoms. The Morgan fingerprint density at radius 1 is 1.14 bits per heavy atom. The summed E-state index contributed by atoms with van der Waals surface area (Å²) in [4.78, 5) is 29.4. The summed E-state index contributed by atoms with van der Waals surface area (Å²) < 4.78 is 26.6. The van der Waals surface area contributed by atoms with Crippen molar-refractivity contribution in [1.82, 2.24) is 19.8 Å². The molecule has 0 aliphatic carbocycles. The van der Waals surface area contributed by atoms with Crippen LogP contribution in [0.3, 0.4) is 0 Å². The number of nitrogens with zero attached hydrogens (tertiary/aromatic N) is 2. The fraction of sp³-hybridized carbons (Fsp3) is 0.167. The van der Waals surface area contributed by atoms with Gasteiger partial charge in [-0.25, -0.2) is 18.2 Å². The third kappa shape index (κ3) is 3.73. The molecule has 1 heterocycles. The van der Waals surface area contributed by atoms with Crippen molar-refractivity contribution in [2.24, 2.45) is 0 Å². The summed E-state index contributed by atoms with van der Waals surface area (Å²) in [5, 5.41) is 8.97. The van der Waals surface area contributed by atoms with Gasteiger partial charge in [-0.2, -0.15) is 0 Å². The van der Waals surface area contributed by atoms with E-state index in [0.29, 0.717) is 5.52 Å². The number of aromatic carboxylic acids is 1. The van der Waals surface area contributed by atoms with Gasteiger partial charge in [0.05, 0.1) is 21.5 Å². The van der Waals surface area contributed by atoms with Crippen LogP contribution in [0.15, 0.2) is 47.4 Å². The van der Waals surface area contributed by atoms with Gasteiger partial charge in [-0.1, -0.05) is 6.07 Å². The first-order chi connectivity index (χ1) is 13.2. The number of aromatic nitrogens is 2. The Balaban J connectivity index is 1.79. The molecule has 9 nitrogen and oxygen atoms in total. The average molecular weight is 402 g/mol. The molecule has 0 saturated heterocycles. The maximum Gasteiger partial charge on any atom is 0.335 e. The van der Waals surface area contributed by atoms with Gasteiger partial charge in [0.2, 0.25) is 0 Å². The monoisotopic (exact) mass is 402 g/mol. The van der Waals surface area contributed by atoms with Crippen molar-refractivity contribution in [3.8, 4) is 0 Å². The molecule has 0 radical (unpaired) electrons. The van der Waals surface area contributed by atoms with E-state index in [0.717, 1.165) is 24.0 Å². The van der Waals surface area contributed by atoms with E-state index in [2.05, 4.69) is 10.4 Å². The van der Waals surface area contributed by atoms with Crippen LogP contribution in [0.1, 0.15) is 33.5 Å². The van der Waals surface area contributed by atoms with Gasteiger partial charge in [0.25, 0.3) is 15.9 Å². The molecule has 3 aromatic rings. The molecule has 0 atom stereocenters. The standard InChI is InChI=1S/C18H18N4O5S/c1-3-22-11(2)19-15-10-12(7-8-16(15)22)17(23)20-21-28(26,27)14-6-4-5-13(9-14)18(24)25/h4-10,21H,3H2,1-2H3,(H,20,23)(H,24,25). The summed E-state index contributed by atoms with van der Waals surface area (Å²) in [7, 11) is -4.13. The van der Waals surface area contributed by atoms with Crippen molar-refractivity contribution in [3.05, 3.63) is 59.4 Å². The van der Waals surface area contributed by atoms with Gasteiger partial charge in [-0.05, 0) is 50.2 Å². The molecule has 146 valence electrons. The maximum absolute atomic E-state index is 12.3. The maximum atomic E-state index is 12.3. The zero-order valence-electron chi connectivity index (χ0n) is 15.1. The Hall–Kier alpha value is -3.24. The van der Waals surface area contributed by atoms with Crippen LogP contribution >= 0.6 is 0 Å². The molecule has 0 aliphatic heterocycles. The fourth-order valence-electron chi connectivity index (χ4n) is 2.83. The Morgan fingerprint density at radius 3 is 2.57 bits per heavy atom. The molecule has 0 unspecified atom stereocenters. The molecular weight excluding hydrogens is 384 g/mol. The Bertz CT molecular complexity index is 1180. The molecule has 3 rings (SSSR count). The Morgan fingerprint density at radius 2 is 1.89 bits per heavy atom. The summed E-state index contributed by atoms with van der Waals surface area (Å²) in [5.74, 6) is -1.10. The molecule has 0 aliphatic rings. The van der Waals surface area contributed by atoms with E-state index < -0.39 is 21.9 Å². The number of carbonyl (C=O) groups is 2. The normalized spacial score (nSPS) is 11.5. The Kier molecular flexibility index (Phi) is 5.16. The highest BCUT2D eigenvalue weighted by Gasteiger charge is 2.18. The topological polar surface area (TPSA) is 130 Å². The summed E-state index contributed by atoms with van der Waals surface area (Å²) in [6, 6.07) is 9.70. The fourth-order valence-corrected chi connectivity index (χ4v) is 3.72. The number of aryl methyl sites for hydroxylation is 2. The van der Waals surface area contributed by atoms with E-state index in [-0.39, 0.29) is 16.0 Å². The summed E-state index contributed by atoms with van der Waals surface area (Å²) in [5.41, 5.74) is 3.69. The van der Waals surface area contributed by atoms with Gasteiger partial charge in [-0.15, -0.1) is 4.83 Å². The third-order valence-corrected chi connectivity index (χ3v) is 5.45. The number of hydrogen-bond donors (Lipinski definition) is 3. The van der Waals surface area contributed by atoms with Gasteiger partial charge in [0.1, 0.15) is 5.82 Å². The lowest BCUT2D eigenvalue weighted by molar-refractivity contribution is 0.0696. The highest BCUT2D eigenvalue weighted by molar-refractivity contribution is 7.89. The second-order valence-electron chi connectivity index (χ2n) is 6.00. The predicted molar refractivity (Wildman–Crippen MR) is 101 cm³/mol. The van der Waals surface area contributed by atoms with Crippen molar-refractivity contribution in [3.63, 3.8) is 0 Å². The van der Waals surface area contributed by atoms with Crippen LogP contribution in [-0.2, 0) is 16.6 Å². The lowest BCUT2D eigenvalue weighted by Crippen LogP contribution is -2.41. The predicted octanol–water partition coefficient (Wildman–Crippen LogP) is 1.69. The molecule has 3 N–H and O–H groups in total. The lowest BCUT2D eigenvalue weighted by Gasteiger charge is -2.09. The lowest BCUT2D eigenvalue weighted by atomic mass is 10.2. The van der Waals surface area contributed by atoms with E-state index in [9.17, 15) is 18.0 Å². The van der Waals surface area contributed by atoms with Crippen molar-refractivity contribution in [2.45, 2.75) is 25.3 Å². The van der Waals surface area contributed by atoms with Crippen molar-refractivity contribution in [2.75, 3.05) is 0 Å². The second kappa shape index (κ2) is 7.41. The molecule has 0 saturated carbocycles. The molecule has 0 fully saturated rings. The first-order valence-corrected chi connectivity index (χ1v) is 9.83. The van der Waals surface area contributed by atoms with Gasteiger partial charge in [-0.3, -0.25) is 10.2 Å². The van der Waals surface area contributed by atoms with Crippen LogP contribution < -0.4 is 10.3 Å². The largest absolute Gasteiger partial charge is 0.478 e. The van der Waals surface area contributed by atoms with Crippen molar-refractivity contribution in [1.29, 1.82) is 0 Å². The van der Waals surface area contributed by atoms with Crippen molar-refractivity contribution >= 4 is 32.9 Å². The van der Waals surface area contributed by atoms with E-state index in [1.54, 1.807) is 18.2 Å². The molecule has 0 bridgehead atoms. The number of hydrazine groups is 1. The van der Waals surface area contributed by atoms with Crippen LogP contribution in [0.25, 0.3) is 11.0 Å². The smallest absolute Gasteiger partial charge is 0.335 e.